The van der Waals surface area contributed by atoms with Crippen molar-refractivity contribution < 1.29 is 19.1 Å². The Morgan fingerprint density at radius 2 is 2.00 bits per heavy atom. The Morgan fingerprint density at radius 3 is 2.63 bits per heavy atom. The standard InChI is InChI=1S/C20H24N2O4S/c1-13(18-6-5-9-27-18)21(2)20(24)14-10-19(23)22(12-14)15-7-8-16(25-3)17(11-15)26-4/h5-9,11,13-14H,10,12H2,1-4H3. The van der Waals surface area contributed by atoms with E-state index >= 15 is 0 Å². The quantitative estimate of drug-likeness (QED) is 0.762. The van der Waals surface area contributed by atoms with Crippen molar-refractivity contribution in [3.63, 3.8) is 0 Å². The van der Waals surface area contributed by atoms with Crippen LogP contribution in [0.4, 0.5) is 5.69 Å². The van der Waals surface area contributed by atoms with Gasteiger partial charge in [0.1, 0.15) is 0 Å². The first kappa shape index (κ1) is 19.2. The smallest absolute Gasteiger partial charge is 0.228 e. The van der Waals surface area contributed by atoms with Gasteiger partial charge in [0.2, 0.25) is 11.8 Å². The lowest BCUT2D eigenvalue weighted by molar-refractivity contribution is -0.136. The van der Waals surface area contributed by atoms with Crippen molar-refractivity contribution in [2.75, 3.05) is 32.7 Å². The molecule has 0 N–H and O–H groups in total. The predicted octanol–water partition coefficient (Wildman–Crippen LogP) is 3.34. The van der Waals surface area contributed by atoms with Crippen LogP contribution in [0, 0.1) is 5.92 Å². The molecule has 1 aromatic carbocycles. The van der Waals surface area contributed by atoms with Crippen LogP contribution in [-0.2, 0) is 9.59 Å². The largest absolute Gasteiger partial charge is 0.493 e. The van der Waals surface area contributed by atoms with Gasteiger partial charge in [-0.2, -0.15) is 0 Å². The van der Waals surface area contributed by atoms with E-state index in [9.17, 15) is 9.59 Å². The number of amides is 2. The van der Waals surface area contributed by atoms with E-state index in [4.69, 9.17) is 9.47 Å². The Kier molecular flexibility index (Phi) is 5.70. The zero-order chi connectivity index (χ0) is 19.6. The molecule has 1 saturated heterocycles. The van der Waals surface area contributed by atoms with Gasteiger partial charge in [-0.25, -0.2) is 0 Å². The molecular formula is C20H24N2O4S. The average Bonchev–Trinajstić information content (AvgIpc) is 3.35. The lowest BCUT2D eigenvalue weighted by Crippen LogP contribution is -2.36. The zero-order valence-corrected chi connectivity index (χ0v) is 16.8. The number of benzene rings is 1. The summed E-state index contributed by atoms with van der Waals surface area (Å²) < 4.78 is 10.6. The molecule has 3 rings (SSSR count). The van der Waals surface area contributed by atoms with E-state index in [0.717, 1.165) is 4.88 Å². The second-order valence-electron chi connectivity index (χ2n) is 6.59. The molecule has 144 valence electrons. The Labute approximate surface area is 163 Å². The minimum absolute atomic E-state index is 0.00720. The van der Waals surface area contributed by atoms with Crippen LogP contribution in [0.2, 0.25) is 0 Å². The highest BCUT2D eigenvalue weighted by atomic mass is 32.1. The number of carbonyl (C=O) groups is 2. The van der Waals surface area contributed by atoms with Crippen molar-refractivity contribution in [1.82, 2.24) is 4.90 Å². The summed E-state index contributed by atoms with van der Waals surface area (Å²) >= 11 is 1.63. The van der Waals surface area contributed by atoms with Crippen molar-refractivity contribution in [2.45, 2.75) is 19.4 Å². The third kappa shape index (κ3) is 3.78. The third-order valence-corrected chi connectivity index (χ3v) is 6.08. The predicted molar refractivity (Wildman–Crippen MR) is 106 cm³/mol. The van der Waals surface area contributed by atoms with Gasteiger partial charge in [0, 0.05) is 36.6 Å². The van der Waals surface area contributed by atoms with Gasteiger partial charge in [0.25, 0.3) is 0 Å². The van der Waals surface area contributed by atoms with Crippen LogP contribution in [0.5, 0.6) is 11.5 Å². The number of ether oxygens (including phenoxy) is 2. The molecule has 7 heteroatoms. The van der Waals surface area contributed by atoms with Gasteiger partial charge in [0.05, 0.1) is 26.2 Å². The number of hydrogen-bond acceptors (Lipinski definition) is 5. The summed E-state index contributed by atoms with van der Waals surface area (Å²) in [5, 5.41) is 2.00. The molecule has 1 aliphatic rings. The Bertz CT molecular complexity index is 821. The molecule has 27 heavy (non-hydrogen) atoms. The Balaban J connectivity index is 1.74. The SMILES string of the molecule is COc1ccc(N2CC(C(=O)N(C)C(C)c3cccs3)CC2=O)cc1OC. The molecule has 2 atom stereocenters. The van der Waals surface area contributed by atoms with Crippen molar-refractivity contribution >= 4 is 28.8 Å². The number of methoxy groups -OCH3 is 2. The van der Waals surface area contributed by atoms with Crippen LogP contribution in [0.1, 0.15) is 24.3 Å². The molecule has 0 radical (unpaired) electrons. The van der Waals surface area contributed by atoms with E-state index in [0.29, 0.717) is 23.7 Å². The van der Waals surface area contributed by atoms with Crippen LogP contribution in [-0.4, -0.2) is 44.5 Å². The summed E-state index contributed by atoms with van der Waals surface area (Å²) in [6, 6.07) is 9.33. The highest BCUT2D eigenvalue weighted by molar-refractivity contribution is 7.10. The number of hydrogen-bond donors (Lipinski definition) is 0. The summed E-state index contributed by atoms with van der Waals surface area (Å²) in [4.78, 5) is 30.0. The highest BCUT2D eigenvalue weighted by Gasteiger charge is 2.37. The second kappa shape index (κ2) is 8.00. The first-order valence-corrected chi connectivity index (χ1v) is 9.66. The second-order valence-corrected chi connectivity index (χ2v) is 7.56. The van der Waals surface area contributed by atoms with E-state index in [1.807, 2.05) is 30.5 Å². The number of thiophene rings is 1. The summed E-state index contributed by atoms with van der Waals surface area (Å²) in [7, 11) is 4.93. The van der Waals surface area contributed by atoms with E-state index in [1.54, 1.807) is 54.5 Å². The van der Waals surface area contributed by atoms with Crippen molar-refractivity contribution in [1.29, 1.82) is 0 Å². The fourth-order valence-electron chi connectivity index (χ4n) is 3.31. The van der Waals surface area contributed by atoms with E-state index in [-0.39, 0.29) is 30.2 Å². The van der Waals surface area contributed by atoms with Gasteiger partial charge < -0.3 is 19.3 Å². The van der Waals surface area contributed by atoms with Gasteiger partial charge in [-0.3, -0.25) is 9.59 Å². The molecule has 0 spiro atoms. The van der Waals surface area contributed by atoms with Crippen molar-refractivity contribution in [2.24, 2.45) is 5.92 Å². The van der Waals surface area contributed by atoms with Crippen LogP contribution >= 0.6 is 11.3 Å². The molecule has 1 aliphatic heterocycles. The average molecular weight is 388 g/mol. The van der Waals surface area contributed by atoms with Crippen LogP contribution in [0.15, 0.2) is 35.7 Å². The number of nitrogens with zero attached hydrogens (tertiary/aromatic N) is 2. The minimum atomic E-state index is -0.349. The molecule has 0 bridgehead atoms. The molecule has 0 aliphatic carbocycles. The van der Waals surface area contributed by atoms with E-state index < -0.39 is 0 Å². The maximum atomic E-state index is 12.9. The molecule has 6 nitrogen and oxygen atoms in total. The lowest BCUT2D eigenvalue weighted by atomic mass is 10.1. The summed E-state index contributed by atoms with van der Waals surface area (Å²) in [6.45, 7) is 2.38. The zero-order valence-electron chi connectivity index (χ0n) is 16.0. The van der Waals surface area contributed by atoms with Gasteiger partial charge in [-0.1, -0.05) is 6.07 Å². The third-order valence-electron chi connectivity index (χ3n) is 5.04. The first-order chi connectivity index (χ1) is 13.0. The first-order valence-electron chi connectivity index (χ1n) is 8.78. The maximum absolute atomic E-state index is 12.9. The van der Waals surface area contributed by atoms with Gasteiger partial charge in [-0.05, 0) is 30.5 Å². The normalized spacial score (nSPS) is 17.7. The number of anilines is 1. The Morgan fingerprint density at radius 1 is 1.26 bits per heavy atom. The van der Waals surface area contributed by atoms with Crippen LogP contribution < -0.4 is 14.4 Å². The molecule has 2 unspecified atom stereocenters. The molecular weight excluding hydrogens is 364 g/mol. The van der Waals surface area contributed by atoms with Crippen molar-refractivity contribution in [3.05, 3.63) is 40.6 Å². The molecule has 2 heterocycles. The summed E-state index contributed by atoms with van der Waals surface area (Å²) in [5.74, 6) is 0.744. The molecule has 0 saturated carbocycles. The van der Waals surface area contributed by atoms with E-state index in [1.165, 1.54) is 0 Å². The molecule has 2 aromatic rings. The monoisotopic (exact) mass is 388 g/mol. The fraction of sp³-hybridized carbons (Fsp3) is 0.400. The Hall–Kier alpha value is -2.54. The van der Waals surface area contributed by atoms with Gasteiger partial charge in [0.15, 0.2) is 11.5 Å². The highest BCUT2D eigenvalue weighted by Crippen LogP contribution is 2.35. The molecule has 1 fully saturated rings. The minimum Gasteiger partial charge on any atom is -0.493 e. The van der Waals surface area contributed by atoms with Crippen molar-refractivity contribution in [3.8, 4) is 11.5 Å². The van der Waals surface area contributed by atoms with E-state index in [2.05, 4.69) is 0 Å². The molecule has 2 amide bonds. The van der Waals surface area contributed by atoms with Gasteiger partial charge in [-0.15, -0.1) is 11.3 Å². The fourth-order valence-corrected chi connectivity index (χ4v) is 4.14. The maximum Gasteiger partial charge on any atom is 0.228 e. The summed E-state index contributed by atoms with van der Waals surface area (Å²) in [5.41, 5.74) is 0.710. The lowest BCUT2D eigenvalue weighted by Gasteiger charge is -2.27. The summed E-state index contributed by atoms with van der Waals surface area (Å²) in [6.07, 6.45) is 0.217. The number of rotatable bonds is 6. The van der Waals surface area contributed by atoms with Crippen LogP contribution in [0.25, 0.3) is 0 Å². The van der Waals surface area contributed by atoms with Crippen LogP contribution in [0.3, 0.4) is 0 Å². The van der Waals surface area contributed by atoms with Gasteiger partial charge >= 0.3 is 0 Å². The topological polar surface area (TPSA) is 59.1 Å². The molecule has 1 aromatic heterocycles. The number of carbonyl (C=O) groups excluding carboxylic acids is 2.